The van der Waals surface area contributed by atoms with E-state index in [-0.39, 0.29) is 30.4 Å². The lowest BCUT2D eigenvalue weighted by Gasteiger charge is -2.24. The van der Waals surface area contributed by atoms with Crippen molar-refractivity contribution in [3.63, 3.8) is 0 Å². The first kappa shape index (κ1) is 30.6. The number of benzene rings is 3. The summed E-state index contributed by atoms with van der Waals surface area (Å²) in [4.78, 5) is 13.0. The SMILES string of the molecule is O=C(NS(=O)(=O)CCCO)c1ccc(-c2ccc(CCNCCc3ccccc3O)cc2)cc1OC1CCCCC1. The molecule has 0 aliphatic heterocycles. The number of para-hydroxylation sites is 1. The summed E-state index contributed by atoms with van der Waals surface area (Å²) in [6.45, 7) is 1.33. The molecule has 41 heavy (non-hydrogen) atoms. The van der Waals surface area contributed by atoms with E-state index in [1.54, 1.807) is 18.2 Å². The van der Waals surface area contributed by atoms with Crippen LogP contribution in [0.3, 0.4) is 0 Å². The zero-order chi connectivity index (χ0) is 29.1. The molecule has 0 spiro atoms. The number of rotatable bonds is 14. The lowest BCUT2D eigenvalue weighted by atomic mass is 9.97. The number of phenols is 1. The second kappa shape index (κ2) is 15.0. The summed E-state index contributed by atoms with van der Waals surface area (Å²) in [7, 11) is -3.87. The van der Waals surface area contributed by atoms with Crippen molar-refractivity contribution in [3.05, 3.63) is 83.4 Å². The summed E-state index contributed by atoms with van der Waals surface area (Å²) in [5.74, 6) is -0.355. The number of hydrogen-bond acceptors (Lipinski definition) is 7. The average molecular weight is 581 g/mol. The van der Waals surface area contributed by atoms with Crippen LogP contribution in [-0.4, -0.2) is 56.1 Å². The van der Waals surface area contributed by atoms with Crippen molar-refractivity contribution in [1.29, 1.82) is 0 Å². The number of carbonyl (C=O) groups excluding carboxylic acids is 1. The molecule has 1 fully saturated rings. The Kier molecular flexibility index (Phi) is 11.2. The minimum atomic E-state index is -3.87. The van der Waals surface area contributed by atoms with Crippen LogP contribution in [0.5, 0.6) is 11.5 Å². The lowest BCUT2D eigenvalue weighted by Crippen LogP contribution is -2.33. The molecule has 220 valence electrons. The second-order valence-electron chi connectivity index (χ2n) is 10.5. The third-order valence-electron chi connectivity index (χ3n) is 7.33. The zero-order valence-electron chi connectivity index (χ0n) is 23.3. The van der Waals surface area contributed by atoms with Crippen molar-refractivity contribution < 1.29 is 28.2 Å². The van der Waals surface area contributed by atoms with Crippen LogP contribution >= 0.6 is 0 Å². The summed E-state index contributed by atoms with van der Waals surface area (Å²) in [5.41, 5.74) is 4.15. The average Bonchev–Trinajstić information content (AvgIpc) is 2.97. The van der Waals surface area contributed by atoms with Gasteiger partial charge in [-0.1, -0.05) is 55.0 Å². The highest BCUT2D eigenvalue weighted by molar-refractivity contribution is 7.90. The van der Waals surface area contributed by atoms with Crippen molar-refractivity contribution >= 4 is 15.9 Å². The number of sulfonamides is 1. The molecular formula is C32H40N2O6S. The van der Waals surface area contributed by atoms with Gasteiger partial charge in [0, 0.05) is 6.61 Å². The maximum atomic E-state index is 13.0. The third-order valence-corrected chi connectivity index (χ3v) is 8.65. The molecule has 0 bridgehead atoms. The molecule has 0 heterocycles. The van der Waals surface area contributed by atoms with E-state index in [0.717, 1.165) is 74.7 Å². The number of carbonyl (C=O) groups is 1. The molecule has 9 heteroatoms. The van der Waals surface area contributed by atoms with Gasteiger partial charge in [-0.2, -0.15) is 0 Å². The fraction of sp³-hybridized carbons (Fsp3) is 0.406. The Hall–Kier alpha value is -3.40. The summed E-state index contributed by atoms with van der Waals surface area (Å²) in [5, 5.41) is 22.3. The summed E-state index contributed by atoms with van der Waals surface area (Å²) in [6.07, 6.45) is 6.74. The Bertz CT molecular complexity index is 1390. The maximum absolute atomic E-state index is 13.0. The van der Waals surface area contributed by atoms with Gasteiger partial charge < -0.3 is 20.3 Å². The summed E-state index contributed by atoms with van der Waals surface area (Å²) >= 11 is 0. The van der Waals surface area contributed by atoms with Crippen molar-refractivity contribution in [1.82, 2.24) is 10.0 Å². The highest BCUT2D eigenvalue weighted by Gasteiger charge is 2.23. The molecule has 1 saturated carbocycles. The largest absolute Gasteiger partial charge is 0.508 e. The van der Waals surface area contributed by atoms with E-state index in [9.17, 15) is 18.3 Å². The fourth-order valence-corrected chi connectivity index (χ4v) is 6.02. The molecule has 3 aromatic rings. The van der Waals surface area contributed by atoms with Crippen LogP contribution in [0.4, 0.5) is 0 Å². The third kappa shape index (κ3) is 9.31. The van der Waals surface area contributed by atoms with E-state index >= 15 is 0 Å². The quantitative estimate of drug-likeness (QED) is 0.206. The van der Waals surface area contributed by atoms with Gasteiger partial charge in [-0.05, 0) is 98.5 Å². The maximum Gasteiger partial charge on any atom is 0.268 e. The minimum Gasteiger partial charge on any atom is -0.508 e. The van der Waals surface area contributed by atoms with Gasteiger partial charge in [0.2, 0.25) is 10.0 Å². The van der Waals surface area contributed by atoms with Gasteiger partial charge in [-0.3, -0.25) is 4.79 Å². The Morgan fingerprint density at radius 2 is 1.61 bits per heavy atom. The molecular weight excluding hydrogens is 540 g/mol. The van der Waals surface area contributed by atoms with Gasteiger partial charge in [0.1, 0.15) is 11.5 Å². The van der Waals surface area contributed by atoms with Gasteiger partial charge in [0.25, 0.3) is 5.91 Å². The van der Waals surface area contributed by atoms with Crippen molar-refractivity contribution in [3.8, 4) is 22.6 Å². The molecule has 0 atom stereocenters. The summed E-state index contributed by atoms with van der Waals surface area (Å²) < 4.78 is 33.0. The fourth-order valence-electron chi connectivity index (χ4n) is 5.02. The van der Waals surface area contributed by atoms with E-state index in [1.807, 2.05) is 36.4 Å². The van der Waals surface area contributed by atoms with Crippen LogP contribution in [0.25, 0.3) is 11.1 Å². The Balaban J connectivity index is 1.41. The van der Waals surface area contributed by atoms with E-state index in [0.29, 0.717) is 11.5 Å². The van der Waals surface area contributed by atoms with Crippen molar-refractivity contribution in [2.24, 2.45) is 0 Å². The van der Waals surface area contributed by atoms with Gasteiger partial charge in [0.05, 0.1) is 17.4 Å². The van der Waals surface area contributed by atoms with Gasteiger partial charge >= 0.3 is 0 Å². The predicted molar refractivity (Wildman–Crippen MR) is 161 cm³/mol. The van der Waals surface area contributed by atoms with Gasteiger partial charge in [-0.25, -0.2) is 13.1 Å². The first-order valence-corrected chi connectivity index (χ1v) is 16.0. The highest BCUT2D eigenvalue weighted by Crippen LogP contribution is 2.31. The van der Waals surface area contributed by atoms with Crippen molar-refractivity contribution in [2.75, 3.05) is 25.4 Å². The number of nitrogens with one attached hydrogen (secondary N) is 2. The number of amides is 1. The first-order valence-electron chi connectivity index (χ1n) is 14.4. The first-order chi connectivity index (χ1) is 19.8. The number of ether oxygens (including phenoxy) is 1. The normalized spacial score (nSPS) is 14.1. The zero-order valence-corrected chi connectivity index (χ0v) is 24.2. The standard InChI is InChI=1S/C32H40N2O6S/c35-21-6-22-41(38,39)34-32(37)29-16-15-27(23-31(29)40-28-8-2-1-3-9-28)25-13-11-24(12-14-25)17-19-33-20-18-26-7-4-5-10-30(26)36/h4-5,7,10-16,23,28,33,35-36H,1-3,6,8-9,17-22H2,(H,34,37). The Labute approximate surface area is 242 Å². The molecule has 3 aromatic carbocycles. The number of aliphatic hydroxyl groups excluding tert-OH is 1. The molecule has 1 aliphatic carbocycles. The Morgan fingerprint density at radius 1 is 0.902 bits per heavy atom. The number of phenolic OH excluding ortho intramolecular Hbond substituents is 1. The van der Waals surface area contributed by atoms with Crippen molar-refractivity contribution in [2.45, 2.75) is 57.5 Å². The van der Waals surface area contributed by atoms with E-state index < -0.39 is 15.9 Å². The molecule has 0 unspecified atom stereocenters. The highest BCUT2D eigenvalue weighted by atomic mass is 32.2. The molecule has 1 aliphatic rings. The number of aliphatic hydroxyl groups is 1. The molecule has 0 radical (unpaired) electrons. The van der Waals surface area contributed by atoms with Crippen LogP contribution in [-0.2, 0) is 22.9 Å². The predicted octanol–water partition coefficient (Wildman–Crippen LogP) is 4.59. The lowest BCUT2D eigenvalue weighted by molar-refractivity contribution is 0.0969. The van der Waals surface area contributed by atoms with Crippen LogP contribution in [0, 0.1) is 0 Å². The van der Waals surface area contributed by atoms with Crippen LogP contribution in [0.1, 0.15) is 60.0 Å². The van der Waals surface area contributed by atoms with E-state index in [2.05, 4.69) is 22.2 Å². The second-order valence-corrected chi connectivity index (χ2v) is 12.3. The molecule has 8 nitrogen and oxygen atoms in total. The monoisotopic (exact) mass is 580 g/mol. The van der Waals surface area contributed by atoms with Gasteiger partial charge in [0.15, 0.2) is 0 Å². The van der Waals surface area contributed by atoms with Gasteiger partial charge in [-0.15, -0.1) is 0 Å². The summed E-state index contributed by atoms with van der Waals surface area (Å²) in [6, 6.07) is 20.9. The van der Waals surface area contributed by atoms with E-state index in [1.165, 1.54) is 5.56 Å². The molecule has 0 aromatic heterocycles. The minimum absolute atomic E-state index is 0.0164. The van der Waals surface area contributed by atoms with Crippen LogP contribution in [0.15, 0.2) is 66.7 Å². The molecule has 1 amide bonds. The number of aromatic hydroxyl groups is 1. The van der Waals surface area contributed by atoms with Crippen LogP contribution in [0.2, 0.25) is 0 Å². The molecule has 4 N–H and O–H groups in total. The molecule has 0 saturated heterocycles. The topological polar surface area (TPSA) is 125 Å². The van der Waals surface area contributed by atoms with Crippen LogP contribution < -0.4 is 14.8 Å². The molecule has 4 rings (SSSR count). The van der Waals surface area contributed by atoms with E-state index in [4.69, 9.17) is 9.84 Å². The number of hydrogen-bond donors (Lipinski definition) is 4. The smallest absolute Gasteiger partial charge is 0.268 e. The Morgan fingerprint density at radius 3 is 2.34 bits per heavy atom.